The molecule has 0 radical (unpaired) electrons. The standard InChI is InChI=1S/C16H21ClN2O3/c1-16(21-8-9-22-16)6-7-18-15(20)19-14-5-2-11-10-12(17)3-4-13(11)14/h3-4,10,14H,2,5-9H2,1H3,(H2,18,19,20)/t14-/m0/s1. The molecule has 0 saturated carbocycles. The summed E-state index contributed by atoms with van der Waals surface area (Å²) in [5, 5.41) is 6.63. The van der Waals surface area contributed by atoms with Crippen LogP contribution in [-0.4, -0.2) is 31.6 Å². The average Bonchev–Trinajstić information content (AvgIpc) is 3.06. The molecule has 1 aliphatic heterocycles. The second-order valence-electron chi connectivity index (χ2n) is 5.92. The molecule has 5 nitrogen and oxygen atoms in total. The third-order valence-electron chi connectivity index (χ3n) is 4.25. The van der Waals surface area contributed by atoms with Gasteiger partial charge in [0.1, 0.15) is 0 Å². The predicted octanol–water partition coefficient (Wildman–Crippen LogP) is 2.78. The maximum absolute atomic E-state index is 12.0. The van der Waals surface area contributed by atoms with Gasteiger partial charge in [-0.25, -0.2) is 4.79 Å². The average molecular weight is 325 g/mol. The van der Waals surface area contributed by atoms with Crippen molar-refractivity contribution in [2.24, 2.45) is 0 Å². The third kappa shape index (κ3) is 3.54. The topological polar surface area (TPSA) is 59.6 Å². The molecule has 1 aromatic carbocycles. The molecule has 1 aliphatic carbocycles. The Morgan fingerprint density at radius 2 is 2.18 bits per heavy atom. The molecule has 2 N–H and O–H groups in total. The van der Waals surface area contributed by atoms with E-state index < -0.39 is 5.79 Å². The number of benzene rings is 1. The molecule has 1 heterocycles. The zero-order valence-corrected chi connectivity index (χ0v) is 13.4. The smallest absolute Gasteiger partial charge is 0.315 e. The number of fused-ring (bicyclic) bond motifs is 1. The van der Waals surface area contributed by atoms with Crippen molar-refractivity contribution in [3.8, 4) is 0 Å². The summed E-state index contributed by atoms with van der Waals surface area (Å²) in [5.74, 6) is -0.565. The number of aryl methyl sites for hydroxylation is 1. The van der Waals surface area contributed by atoms with E-state index in [0.717, 1.165) is 23.4 Å². The number of carbonyl (C=O) groups excluding carboxylic acids is 1. The molecule has 1 fully saturated rings. The Labute approximate surface area is 135 Å². The predicted molar refractivity (Wildman–Crippen MR) is 84.0 cm³/mol. The van der Waals surface area contributed by atoms with Crippen molar-refractivity contribution in [3.05, 3.63) is 34.3 Å². The highest BCUT2D eigenvalue weighted by molar-refractivity contribution is 6.30. The fourth-order valence-corrected chi connectivity index (χ4v) is 3.24. The summed E-state index contributed by atoms with van der Waals surface area (Å²) in [5.41, 5.74) is 2.38. The van der Waals surface area contributed by atoms with Gasteiger partial charge in [-0.1, -0.05) is 17.7 Å². The Bertz CT molecular complexity index is 558. The van der Waals surface area contributed by atoms with Crippen LogP contribution in [0.15, 0.2) is 18.2 Å². The van der Waals surface area contributed by atoms with E-state index in [-0.39, 0.29) is 12.1 Å². The number of hydrogen-bond donors (Lipinski definition) is 2. The van der Waals surface area contributed by atoms with Crippen LogP contribution in [-0.2, 0) is 15.9 Å². The highest BCUT2D eigenvalue weighted by Gasteiger charge is 2.30. The van der Waals surface area contributed by atoms with Crippen molar-refractivity contribution < 1.29 is 14.3 Å². The molecule has 22 heavy (non-hydrogen) atoms. The van der Waals surface area contributed by atoms with E-state index in [2.05, 4.69) is 10.6 Å². The molecule has 1 saturated heterocycles. The second kappa shape index (κ2) is 6.44. The van der Waals surface area contributed by atoms with Crippen LogP contribution in [0.4, 0.5) is 4.79 Å². The highest BCUT2D eigenvalue weighted by Crippen LogP contribution is 2.32. The van der Waals surface area contributed by atoms with Crippen LogP contribution in [0.2, 0.25) is 5.02 Å². The lowest BCUT2D eigenvalue weighted by Crippen LogP contribution is -2.40. The number of nitrogens with one attached hydrogen (secondary N) is 2. The fraction of sp³-hybridized carbons (Fsp3) is 0.562. The van der Waals surface area contributed by atoms with Crippen molar-refractivity contribution in [2.75, 3.05) is 19.8 Å². The quantitative estimate of drug-likeness (QED) is 0.895. The van der Waals surface area contributed by atoms with E-state index in [1.54, 1.807) is 0 Å². The first-order chi connectivity index (χ1) is 10.6. The van der Waals surface area contributed by atoms with Gasteiger partial charge >= 0.3 is 6.03 Å². The van der Waals surface area contributed by atoms with Gasteiger partial charge in [-0.05, 0) is 43.0 Å². The summed E-state index contributed by atoms with van der Waals surface area (Å²) in [6.45, 7) is 3.65. The first-order valence-electron chi connectivity index (χ1n) is 7.66. The molecule has 1 aromatic rings. The van der Waals surface area contributed by atoms with E-state index in [1.807, 2.05) is 25.1 Å². The molecular weight excluding hydrogens is 304 g/mol. The lowest BCUT2D eigenvalue weighted by atomic mass is 10.1. The number of carbonyl (C=O) groups is 1. The zero-order valence-electron chi connectivity index (χ0n) is 12.7. The summed E-state index contributed by atoms with van der Waals surface area (Å²) in [7, 11) is 0. The Morgan fingerprint density at radius 1 is 1.41 bits per heavy atom. The van der Waals surface area contributed by atoms with Gasteiger partial charge in [0.25, 0.3) is 0 Å². The first kappa shape index (κ1) is 15.6. The molecule has 120 valence electrons. The monoisotopic (exact) mass is 324 g/mol. The summed E-state index contributed by atoms with van der Waals surface area (Å²) in [6, 6.07) is 5.74. The number of rotatable bonds is 4. The van der Waals surface area contributed by atoms with Crippen molar-refractivity contribution >= 4 is 17.6 Å². The molecule has 0 unspecified atom stereocenters. The SMILES string of the molecule is CC1(CCNC(=O)N[C@H]2CCc3cc(Cl)ccc32)OCCO1. The van der Waals surface area contributed by atoms with Gasteiger partial charge in [0.2, 0.25) is 0 Å². The van der Waals surface area contributed by atoms with Crippen molar-refractivity contribution in [2.45, 2.75) is 38.0 Å². The van der Waals surface area contributed by atoms with Crippen LogP contribution in [0.3, 0.4) is 0 Å². The number of ether oxygens (including phenoxy) is 2. The minimum atomic E-state index is -0.565. The molecule has 3 rings (SSSR count). The summed E-state index contributed by atoms with van der Waals surface area (Å²) < 4.78 is 11.0. The highest BCUT2D eigenvalue weighted by atomic mass is 35.5. The maximum atomic E-state index is 12.0. The van der Waals surface area contributed by atoms with Gasteiger partial charge in [-0.15, -0.1) is 0 Å². The molecule has 2 amide bonds. The van der Waals surface area contributed by atoms with E-state index in [0.29, 0.717) is 26.2 Å². The first-order valence-corrected chi connectivity index (χ1v) is 8.04. The number of hydrogen-bond acceptors (Lipinski definition) is 3. The molecule has 0 aromatic heterocycles. The molecule has 0 spiro atoms. The van der Waals surface area contributed by atoms with Crippen molar-refractivity contribution in [3.63, 3.8) is 0 Å². The summed E-state index contributed by atoms with van der Waals surface area (Å²) in [6.07, 6.45) is 2.49. The zero-order chi connectivity index (χ0) is 15.6. The van der Waals surface area contributed by atoms with Crippen LogP contribution in [0.5, 0.6) is 0 Å². The lowest BCUT2D eigenvalue weighted by molar-refractivity contribution is -0.145. The minimum absolute atomic E-state index is 0.0573. The van der Waals surface area contributed by atoms with E-state index in [1.165, 1.54) is 5.56 Å². The summed E-state index contributed by atoms with van der Waals surface area (Å²) >= 11 is 6.00. The number of amides is 2. The normalized spacial score (nSPS) is 22.4. The van der Waals surface area contributed by atoms with Crippen LogP contribution >= 0.6 is 11.6 Å². The van der Waals surface area contributed by atoms with Gasteiger partial charge in [0.05, 0.1) is 19.3 Å². The Balaban J connectivity index is 1.47. The van der Waals surface area contributed by atoms with Crippen LogP contribution in [0.1, 0.15) is 36.9 Å². The van der Waals surface area contributed by atoms with Gasteiger partial charge in [0.15, 0.2) is 5.79 Å². The van der Waals surface area contributed by atoms with Crippen LogP contribution in [0, 0.1) is 0 Å². The molecule has 1 atom stereocenters. The van der Waals surface area contributed by atoms with E-state index in [4.69, 9.17) is 21.1 Å². The van der Waals surface area contributed by atoms with Gasteiger partial charge < -0.3 is 20.1 Å². The largest absolute Gasteiger partial charge is 0.348 e. The Kier molecular flexibility index (Phi) is 4.57. The minimum Gasteiger partial charge on any atom is -0.348 e. The number of halogens is 1. The molecule has 6 heteroatoms. The fourth-order valence-electron chi connectivity index (χ4n) is 3.05. The number of urea groups is 1. The molecule has 0 bridgehead atoms. The Hall–Kier alpha value is -1.30. The van der Waals surface area contributed by atoms with Gasteiger partial charge in [-0.2, -0.15) is 0 Å². The van der Waals surface area contributed by atoms with Crippen molar-refractivity contribution in [1.29, 1.82) is 0 Å². The molecular formula is C16H21ClN2O3. The molecule has 2 aliphatic rings. The van der Waals surface area contributed by atoms with E-state index >= 15 is 0 Å². The Morgan fingerprint density at radius 3 is 2.95 bits per heavy atom. The van der Waals surface area contributed by atoms with Gasteiger partial charge in [0, 0.05) is 18.0 Å². The summed E-state index contributed by atoms with van der Waals surface area (Å²) in [4.78, 5) is 12.0. The van der Waals surface area contributed by atoms with E-state index in [9.17, 15) is 4.79 Å². The lowest BCUT2D eigenvalue weighted by Gasteiger charge is -2.22. The maximum Gasteiger partial charge on any atom is 0.315 e. The second-order valence-corrected chi connectivity index (χ2v) is 6.35. The third-order valence-corrected chi connectivity index (χ3v) is 4.49. The van der Waals surface area contributed by atoms with Crippen LogP contribution < -0.4 is 10.6 Å². The van der Waals surface area contributed by atoms with Crippen LogP contribution in [0.25, 0.3) is 0 Å². The van der Waals surface area contributed by atoms with Gasteiger partial charge in [-0.3, -0.25) is 0 Å². The van der Waals surface area contributed by atoms with Crippen molar-refractivity contribution in [1.82, 2.24) is 10.6 Å².